The first-order valence-electron chi connectivity index (χ1n) is 6.88. The SMILES string of the molecule is CCNC(=NCC1CC1)NCCCCCOC.I. The molecule has 1 saturated carbocycles. The van der Waals surface area contributed by atoms with Crippen LogP contribution in [-0.2, 0) is 4.74 Å². The molecule has 0 saturated heterocycles. The minimum atomic E-state index is 0. The van der Waals surface area contributed by atoms with Crippen LogP contribution in [0.2, 0.25) is 0 Å². The summed E-state index contributed by atoms with van der Waals surface area (Å²) in [4.78, 5) is 4.58. The maximum atomic E-state index is 5.02. The van der Waals surface area contributed by atoms with Crippen LogP contribution in [0.15, 0.2) is 4.99 Å². The normalized spacial score (nSPS) is 15.1. The van der Waals surface area contributed by atoms with Gasteiger partial charge in [0.2, 0.25) is 0 Å². The Balaban J connectivity index is 0.00000289. The zero-order chi connectivity index (χ0) is 12.3. The first kappa shape index (κ1) is 18.0. The Bertz CT molecular complexity index is 220. The molecule has 1 rings (SSSR count). The highest BCUT2D eigenvalue weighted by Gasteiger charge is 2.20. The molecule has 5 heteroatoms. The first-order chi connectivity index (χ1) is 8.36. The molecule has 0 aliphatic heterocycles. The Morgan fingerprint density at radius 2 is 2.00 bits per heavy atom. The number of nitrogens with zero attached hydrogens (tertiary/aromatic N) is 1. The number of hydrogen-bond donors (Lipinski definition) is 2. The fraction of sp³-hybridized carbons (Fsp3) is 0.923. The van der Waals surface area contributed by atoms with E-state index in [-0.39, 0.29) is 24.0 Å². The van der Waals surface area contributed by atoms with E-state index in [0.29, 0.717) is 0 Å². The molecular formula is C13H28IN3O. The van der Waals surface area contributed by atoms with E-state index in [1.54, 1.807) is 7.11 Å². The lowest BCUT2D eigenvalue weighted by Crippen LogP contribution is -2.38. The van der Waals surface area contributed by atoms with E-state index in [1.807, 2.05) is 0 Å². The van der Waals surface area contributed by atoms with E-state index in [2.05, 4.69) is 22.5 Å². The van der Waals surface area contributed by atoms with Crippen molar-refractivity contribution in [2.24, 2.45) is 10.9 Å². The molecule has 4 nitrogen and oxygen atoms in total. The zero-order valence-electron chi connectivity index (χ0n) is 11.7. The molecule has 0 aromatic rings. The molecule has 1 aliphatic carbocycles. The highest BCUT2D eigenvalue weighted by molar-refractivity contribution is 14.0. The fourth-order valence-electron chi connectivity index (χ4n) is 1.62. The maximum absolute atomic E-state index is 5.02. The lowest BCUT2D eigenvalue weighted by Gasteiger charge is -2.10. The van der Waals surface area contributed by atoms with Crippen LogP contribution >= 0.6 is 24.0 Å². The molecule has 0 amide bonds. The molecule has 0 radical (unpaired) electrons. The van der Waals surface area contributed by atoms with Crippen LogP contribution < -0.4 is 10.6 Å². The average Bonchev–Trinajstić information content (AvgIpc) is 3.14. The summed E-state index contributed by atoms with van der Waals surface area (Å²) in [5, 5.41) is 6.66. The van der Waals surface area contributed by atoms with Crippen LogP contribution in [-0.4, -0.2) is 39.3 Å². The van der Waals surface area contributed by atoms with Gasteiger partial charge in [-0.25, -0.2) is 0 Å². The van der Waals surface area contributed by atoms with Crippen molar-refractivity contribution in [3.05, 3.63) is 0 Å². The molecule has 108 valence electrons. The number of nitrogens with one attached hydrogen (secondary N) is 2. The minimum absolute atomic E-state index is 0. The monoisotopic (exact) mass is 369 g/mol. The number of unbranched alkanes of at least 4 members (excludes halogenated alkanes) is 2. The van der Waals surface area contributed by atoms with Gasteiger partial charge < -0.3 is 15.4 Å². The summed E-state index contributed by atoms with van der Waals surface area (Å²) >= 11 is 0. The van der Waals surface area contributed by atoms with Gasteiger partial charge in [0.1, 0.15) is 0 Å². The highest BCUT2D eigenvalue weighted by atomic mass is 127. The Morgan fingerprint density at radius 3 is 2.61 bits per heavy atom. The van der Waals surface area contributed by atoms with Gasteiger partial charge in [-0.05, 0) is 44.9 Å². The molecule has 0 aromatic carbocycles. The largest absolute Gasteiger partial charge is 0.385 e. The Labute approximate surface area is 128 Å². The number of methoxy groups -OCH3 is 1. The molecule has 2 N–H and O–H groups in total. The number of guanidine groups is 1. The van der Waals surface area contributed by atoms with Crippen LogP contribution in [0.1, 0.15) is 39.0 Å². The van der Waals surface area contributed by atoms with Gasteiger partial charge in [0, 0.05) is 33.4 Å². The molecule has 18 heavy (non-hydrogen) atoms. The molecule has 0 atom stereocenters. The predicted octanol–water partition coefficient (Wildman–Crippen LogP) is 2.39. The third-order valence-corrected chi connectivity index (χ3v) is 2.87. The molecule has 0 unspecified atom stereocenters. The Kier molecular flexibility index (Phi) is 12.0. The highest BCUT2D eigenvalue weighted by Crippen LogP contribution is 2.28. The van der Waals surface area contributed by atoms with Gasteiger partial charge in [-0.3, -0.25) is 4.99 Å². The zero-order valence-corrected chi connectivity index (χ0v) is 14.0. The van der Waals surface area contributed by atoms with Crippen molar-refractivity contribution in [3.8, 4) is 0 Å². The summed E-state index contributed by atoms with van der Waals surface area (Å²) in [6, 6.07) is 0. The van der Waals surface area contributed by atoms with E-state index in [1.165, 1.54) is 25.7 Å². The van der Waals surface area contributed by atoms with Crippen LogP contribution in [0.3, 0.4) is 0 Å². The van der Waals surface area contributed by atoms with Crippen LogP contribution in [0.4, 0.5) is 0 Å². The topological polar surface area (TPSA) is 45.7 Å². The lowest BCUT2D eigenvalue weighted by molar-refractivity contribution is 0.192. The Morgan fingerprint density at radius 1 is 1.22 bits per heavy atom. The summed E-state index contributed by atoms with van der Waals surface area (Å²) in [5.74, 6) is 1.83. The number of halogens is 1. The van der Waals surface area contributed by atoms with Crippen LogP contribution in [0.25, 0.3) is 0 Å². The fourth-order valence-corrected chi connectivity index (χ4v) is 1.62. The lowest BCUT2D eigenvalue weighted by atomic mass is 10.2. The van der Waals surface area contributed by atoms with Gasteiger partial charge in [-0.1, -0.05) is 0 Å². The quantitative estimate of drug-likeness (QED) is 0.284. The summed E-state index contributed by atoms with van der Waals surface area (Å²) < 4.78 is 5.02. The molecule has 0 bridgehead atoms. The van der Waals surface area contributed by atoms with E-state index < -0.39 is 0 Å². The second-order valence-corrected chi connectivity index (χ2v) is 4.64. The summed E-state index contributed by atoms with van der Waals surface area (Å²) in [6.45, 7) is 5.89. The van der Waals surface area contributed by atoms with Crippen molar-refractivity contribution < 1.29 is 4.74 Å². The second-order valence-electron chi connectivity index (χ2n) is 4.64. The van der Waals surface area contributed by atoms with Gasteiger partial charge >= 0.3 is 0 Å². The molecule has 0 heterocycles. The number of rotatable bonds is 9. The maximum Gasteiger partial charge on any atom is 0.191 e. The standard InChI is InChI=1S/C13H27N3O.HI/c1-3-14-13(16-11-12-7-8-12)15-9-5-4-6-10-17-2;/h12H,3-11H2,1-2H3,(H2,14,15,16);1H. The van der Waals surface area contributed by atoms with E-state index in [9.17, 15) is 0 Å². The summed E-state index contributed by atoms with van der Waals surface area (Å²) in [5.41, 5.74) is 0. The molecular weight excluding hydrogens is 341 g/mol. The van der Waals surface area contributed by atoms with Gasteiger partial charge in [0.05, 0.1) is 0 Å². The predicted molar refractivity (Wildman–Crippen MR) is 87.8 cm³/mol. The smallest absolute Gasteiger partial charge is 0.191 e. The van der Waals surface area contributed by atoms with Gasteiger partial charge in [0.25, 0.3) is 0 Å². The molecule has 0 spiro atoms. The number of ether oxygens (including phenoxy) is 1. The van der Waals surface area contributed by atoms with Crippen molar-refractivity contribution >= 4 is 29.9 Å². The molecule has 1 aliphatic rings. The van der Waals surface area contributed by atoms with Crippen LogP contribution in [0, 0.1) is 5.92 Å². The van der Waals surface area contributed by atoms with E-state index >= 15 is 0 Å². The Hall–Kier alpha value is -0.0400. The van der Waals surface area contributed by atoms with E-state index in [0.717, 1.165) is 44.5 Å². The van der Waals surface area contributed by atoms with Crippen molar-refractivity contribution in [1.29, 1.82) is 0 Å². The first-order valence-corrected chi connectivity index (χ1v) is 6.88. The second kappa shape index (κ2) is 12.0. The summed E-state index contributed by atoms with van der Waals surface area (Å²) in [7, 11) is 1.76. The third-order valence-electron chi connectivity index (χ3n) is 2.87. The van der Waals surface area contributed by atoms with Crippen molar-refractivity contribution in [3.63, 3.8) is 0 Å². The van der Waals surface area contributed by atoms with Crippen molar-refractivity contribution in [1.82, 2.24) is 10.6 Å². The van der Waals surface area contributed by atoms with Crippen molar-refractivity contribution in [2.75, 3.05) is 33.4 Å². The molecule has 0 aromatic heterocycles. The minimum Gasteiger partial charge on any atom is -0.385 e. The van der Waals surface area contributed by atoms with Crippen molar-refractivity contribution in [2.45, 2.75) is 39.0 Å². The van der Waals surface area contributed by atoms with Gasteiger partial charge in [-0.2, -0.15) is 0 Å². The number of hydrogen-bond acceptors (Lipinski definition) is 2. The summed E-state index contributed by atoms with van der Waals surface area (Å²) in [6.07, 6.45) is 6.26. The van der Waals surface area contributed by atoms with Gasteiger partial charge in [0.15, 0.2) is 5.96 Å². The van der Waals surface area contributed by atoms with Crippen LogP contribution in [0.5, 0.6) is 0 Å². The van der Waals surface area contributed by atoms with E-state index in [4.69, 9.17) is 4.74 Å². The number of aliphatic imine (C=N–C) groups is 1. The van der Waals surface area contributed by atoms with Gasteiger partial charge in [-0.15, -0.1) is 24.0 Å². The average molecular weight is 369 g/mol. The molecule has 1 fully saturated rings. The third kappa shape index (κ3) is 9.94.